The SMILES string of the molecule is CC(C)COc1ccc(-c2cccc(NS(=O)(=O)c3ccc(F)cc3)c2)nn1. The number of hydrogen-bond donors (Lipinski definition) is 1. The van der Waals surface area contributed by atoms with Gasteiger partial charge in [0.25, 0.3) is 10.0 Å². The number of benzene rings is 2. The summed E-state index contributed by atoms with van der Waals surface area (Å²) < 4.78 is 45.9. The predicted molar refractivity (Wildman–Crippen MR) is 105 cm³/mol. The zero-order chi connectivity index (χ0) is 20.1. The summed E-state index contributed by atoms with van der Waals surface area (Å²) in [4.78, 5) is -0.0225. The molecule has 8 heteroatoms. The number of sulfonamides is 1. The summed E-state index contributed by atoms with van der Waals surface area (Å²) in [6, 6.07) is 14.9. The minimum absolute atomic E-state index is 0.0225. The lowest BCUT2D eigenvalue weighted by atomic mass is 10.1. The Bertz CT molecular complexity index is 1040. The third kappa shape index (κ3) is 5.04. The molecule has 2 aromatic carbocycles. The third-order valence-electron chi connectivity index (χ3n) is 3.74. The van der Waals surface area contributed by atoms with Gasteiger partial charge < -0.3 is 4.74 Å². The van der Waals surface area contributed by atoms with Gasteiger partial charge in [0, 0.05) is 17.3 Å². The van der Waals surface area contributed by atoms with Gasteiger partial charge >= 0.3 is 0 Å². The summed E-state index contributed by atoms with van der Waals surface area (Å²) in [6.07, 6.45) is 0. The van der Waals surface area contributed by atoms with Crippen molar-refractivity contribution in [1.29, 1.82) is 0 Å². The molecule has 0 saturated carbocycles. The van der Waals surface area contributed by atoms with Crippen molar-refractivity contribution in [2.24, 2.45) is 5.92 Å². The molecule has 3 aromatic rings. The molecule has 0 spiro atoms. The minimum Gasteiger partial charge on any atom is -0.476 e. The van der Waals surface area contributed by atoms with Crippen LogP contribution in [-0.2, 0) is 10.0 Å². The van der Waals surface area contributed by atoms with E-state index < -0.39 is 15.8 Å². The molecular weight excluding hydrogens is 381 g/mol. The summed E-state index contributed by atoms with van der Waals surface area (Å²) in [5.41, 5.74) is 1.64. The van der Waals surface area contributed by atoms with Crippen molar-refractivity contribution in [1.82, 2.24) is 10.2 Å². The van der Waals surface area contributed by atoms with E-state index in [1.54, 1.807) is 36.4 Å². The smallest absolute Gasteiger partial charge is 0.261 e. The molecule has 1 aromatic heterocycles. The molecular formula is C20H20FN3O3S. The molecule has 0 bridgehead atoms. The number of halogens is 1. The van der Waals surface area contributed by atoms with E-state index in [4.69, 9.17) is 4.74 Å². The van der Waals surface area contributed by atoms with Gasteiger partial charge in [-0.25, -0.2) is 12.8 Å². The number of hydrogen-bond acceptors (Lipinski definition) is 5. The van der Waals surface area contributed by atoms with Gasteiger partial charge in [-0.15, -0.1) is 10.2 Å². The molecule has 0 amide bonds. The molecule has 0 atom stereocenters. The van der Waals surface area contributed by atoms with Crippen LogP contribution < -0.4 is 9.46 Å². The Kier molecular flexibility index (Phi) is 5.89. The Labute approximate surface area is 163 Å². The predicted octanol–water partition coefficient (Wildman–Crippen LogP) is 4.12. The van der Waals surface area contributed by atoms with Crippen molar-refractivity contribution in [3.8, 4) is 17.1 Å². The van der Waals surface area contributed by atoms with Crippen molar-refractivity contribution < 1.29 is 17.5 Å². The fourth-order valence-electron chi connectivity index (χ4n) is 2.37. The first-order chi connectivity index (χ1) is 13.3. The monoisotopic (exact) mass is 401 g/mol. The second-order valence-corrected chi connectivity index (χ2v) is 8.28. The number of ether oxygens (including phenoxy) is 1. The van der Waals surface area contributed by atoms with E-state index in [0.717, 1.165) is 12.1 Å². The minimum atomic E-state index is -3.82. The molecule has 3 rings (SSSR count). The highest BCUT2D eigenvalue weighted by atomic mass is 32.2. The Hall–Kier alpha value is -3.00. The lowest BCUT2D eigenvalue weighted by Crippen LogP contribution is -2.12. The van der Waals surface area contributed by atoms with Crippen LogP contribution in [0.2, 0.25) is 0 Å². The summed E-state index contributed by atoms with van der Waals surface area (Å²) >= 11 is 0. The molecule has 0 aliphatic rings. The fraction of sp³-hybridized carbons (Fsp3) is 0.200. The largest absolute Gasteiger partial charge is 0.476 e. The highest BCUT2D eigenvalue weighted by Gasteiger charge is 2.14. The molecule has 0 radical (unpaired) electrons. The molecule has 0 fully saturated rings. The number of anilines is 1. The van der Waals surface area contributed by atoms with Crippen LogP contribution in [0.3, 0.4) is 0 Å². The van der Waals surface area contributed by atoms with E-state index in [1.165, 1.54) is 12.1 Å². The zero-order valence-corrected chi connectivity index (χ0v) is 16.3. The first-order valence-electron chi connectivity index (χ1n) is 8.69. The highest BCUT2D eigenvalue weighted by Crippen LogP contribution is 2.23. The zero-order valence-electron chi connectivity index (χ0n) is 15.5. The van der Waals surface area contributed by atoms with Crippen LogP contribution in [0.15, 0.2) is 65.6 Å². The van der Waals surface area contributed by atoms with E-state index in [1.807, 2.05) is 13.8 Å². The highest BCUT2D eigenvalue weighted by molar-refractivity contribution is 7.92. The van der Waals surface area contributed by atoms with Crippen LogP contribution >= 0.6 is 0 Å². The number of rotatable bonds is 7. The average Bonchev–Trinajstić information content (AvgIpc) is 2.67. The Morgan fingerprint density at radius 1 is 1.04 bits per heavy atom. The molecule has 0 aliphatic carbocycles. The Morgan fingerprint density at radius 2 is 1.79 bits per heavy atom. The molecule has 0 aliphatic heterocycles. The second kappa shape index (κ2) is 8.35. The van der Waals surface area contributed by atoms with Crippen LogP contribution in [0.25, 0.3) is 11.3 Å². The Morgan fingerprint density at radius 3 is 2.43 bits per heavy atom. The van der Waals surface area contributed by atoms with Crippen molar-refractivity contribution in [3.63, 3.8) is 0 Å². The standard InChI is InChI=1S/C20H20FN3O3S/c1-14(2)13-27-20-11-10-19(22-23-20)15-4-3-5-17(12-15)24-28(25,26)18-8-6-16(21)7-9-18/h3-12,14,24H,13H2,1-2H3. The first-order valence-corrected chi connectivity index (χ1v) is 10.2. The maximum atomic E-state index is 13.0. The van der Waals surface area contributed by atoms with Gasteiger partial charge in [0.1, 0.15) is 5.82 Å². The molecule has 0 unspecified atom stereocenters. The summed E-state index contributed by atoms with van der Waals surface area (Å²) in [5.74, 6) is 0.318. The van der Waals surface area contributed by atoms with Gasteiger partial charge in [0.15, 0.2) is 0 Å². The topological polar surface area (TPSA) is 81.2 Å². The molecule has 1 N–H and O–H groups in total. The first kappa shape index (κ1) is 19.8. The molecule has 146 valence electrons. The number of nitrogens with zero attached hydrogens (tertiary/aromatic N) is 2. The van der Waals surface area contributed by atoms with E-state index >= 15 is 0 Å². The molecule has 1 heterocycles. The van der Waals surface area contributed by atoms with Crippen LogP contribution in [0, 0.1) is 11.7 Å². The van der Waals surface area contributed by atoms with E-state index in [2.05, 4.69) is 14.9 Å². The summed E-state index contributed by atoms with van der Waals surface area (Å²) in [5, 5.41) is 8.18. The van der Waals surface area contributed by atoms with Gasteiger partial charge in [0.05, 0.1) is 17.2 Å². The maximum absolute atomic E-state index is 13.0. The van der Waals surface area contributed by atoms with Gasteiger partial charge in [-0.1, -0.05) is 26.0 Å². The molecule has 6 nitrogen and oxygen atoms in total. The Balaban J connectivity index is 1.77. The number of nitrogens with one attached hydrogen (secondary N) is 1. The lowest BCUT2D eigenvalue weighted by Gasteiger charge is -2.10. The fourth-order valence-corrected chi connectivity index (χ4v) is 3.42. The van der Waals surface area contributed by atoms with Crippen molar-refractivity contribution >= 4 is 15.7 Å². The average molecular weight is 401 g/mol. The summed E-state index contributed by atoms with van der Waals surface area (Å²) in [6.45, 7) is 4.63. The van der Waals surface area contributed by atoms with Gasteiger partial charge in [-0.3, -0.25) is 4.72 Å². The van der Waals surface area contributed by atoms with Crippen molar-refractivity contribution in [3.05, 3.63) is 66.5 Å². The van der Waals surface area contributed by atoms with Crippen LogP contribution in [0.5, 0.6) is 5.88 Å². The van der Waals surface area contributed by atoms with E-state index in [0.29, 0.717) is 35.3 Å². The lowest BCUT2D eigenvalue weighted by molar-refractivity contribution is 0.258. The van der Waals surface area contributed by atoms with Crippen LogP contribution in [0.4, 0.5) is 10.1 Å². The second-order valence-electron chi connectivity index (χ2n) is 6.60. The van der Waals surface area contributed by atoms with E-state index in [-0.39, 0.29) is 4.90 Å². The normalized spacial score (nSPS) is 11.4. The maximum Gasteiger partial charge on any atom is 0.261 e. The summed E-state index contributed by atoms with van der Waals surface area (Å²) in [7, 11) is -3.82. The van der Waals surface area contributed by atoms with Crippen molar-refractivity contribution in [2.45, 2.75) is 18.7 Å². The van der Waals surface area contributed by atoms with Gasteiger partial charge in [0.2, 0.25) is 5.88 Å². The van der Waals surface area contributed by atoms with Gasteiger partial charge in [-0.2, -0.15) is 0 Å². The van der Waals surface area contributed by atoms with Crippen molar-refractivity contribution in [2.75, 3.05) is 11.3 Å². The number of aromatic nitrogens is 2. The van der Waals surface area contributed by atoms with Crippen LogP contribution in [0.1, 0.15) is 13.8 Å². The van der Waals surface area contributed by atoms with Crippen LogP contribution in [-0.4, -0.2) is 25.2 Å². The quantitative estimate of drug-likeness (QED) is 0.644. The molecule has 28 heavy (non-hydrogen) atoms. The molecule has 0 saturated heterocycles. The van der Waals surface area contributed by atoms with Gasteiger partial charge in [-0.05, 0) is 48.4 Å². The van der Waals surface area contributed by atoms with E-state index in [9.17, 15) is 12.8 Å². The third-order valence-corrected chi connectivity index (χ3v) is 5.14.